The smallest absolute Gasteiger partial charge is 0.191 e. The van der Waals surface area contributed by atoms with Crippen LogP contribution in [0.3, 0.4) is 0 Å². The minimum absolute atomic E-state index is 0.215. The lowest BCUT2D eigenvalue weighted by Gasteiger charge is -2.22. The van der Waals surface area contributed by atoms with Crippen LogP contribution in [-0.2, 0) is 12.8 Å². The second-order valence-corrected chi connectivity index (χ2v) is 8.67. The van der Waals surface area contributed by atoms with E-state index in [1.165, 1.54) is 11.3 Å². The van der Waals surface area contributed by atoms with Gasteiger partial charge in [0.05, 0.1) is 0 Å². The molecule has 3 aromatic rings. The van der Waals surface area contributed by atoms with Gasteiger partial charge in [0, 0.05) is 36.1 Å². The summed E-state index contributed by atoms with van der Waals surface area (Å²) in [5.41, 5.74) is 3.22. The fourth-order valence-electron chi connectivity index (χ4n) is 3.65. The first kappa shape index (κ1) is 17.1. The van der Waals surface area contributed by atoms with Crippen molar-refractivity contribution in [2.75, 3.05) is 0 Å². The zero-order chi connectivity index (χ0) is 17.6. The van der Waals surface area contributed by atoms with Gasteiger partial charge in [0.2, 0.25) is 0 Å². The molecule has 25 heavy (non-hydrogen) atoms. The molecule has 0 radical (unpaired) electrons. The fraction of sp³-hybridized carbons (Fsp3) is 0.286. The van der Waals surface area contributed by atoms with Gasteiger partial charge in [0.25, 0.3) is 0 Å². The molecular formula is C21H18Cl2OS. The van der Waals surface area contributed by atoms with Crippen LogP contribution in [0.25, 0.3) is 21.2 Å². The van der Waals surface area contributed by atoms with Crippen LogP contribution in [0.2, 0.25) is 10.0 Å². The Morgan fingerprint density at radius 1 is 1.16 bits per heavy atom. The molecule has 0 amide bonds. The summed E-state index contributed by atoms with van der Waals surface area (Å²) in [6, 6.07) is 11.5. The Labute approximate surface area is 161 Å². The molecule has 4 rings (SSSR count). The second-order valence-electron chi connectivity index (χ2n) is 6.69. The number of hydrogen-bond acceptors (Lipinski definition) is 2. The number of fused-ring (bicyclic) bond motifs is 2. The molecule has 0 saturated carbocycles. The summed E-state index contributed by atoms with van der Waals surface area (Å²) in [7, 11) is 0. The van der Waals surface area contributed by atoms with Crippen LogP contribution in [0, 0.1) is 5.92 Å². The van der Waals surface area contributed by atoms with Gasteiger partial charge < -0.3 is 0 Å². The fourth-order valence-corrected chi connectivity index (χ4v) is 5.52. The molecule has 1 aliphatic carbocycles. The lowest BCUT2D eigenvalue weighted by Crippen LogP contribution is -2.20. The van der Waals surface area contributed by atoms with E-state index in [9.17, 15) is 4.79 Å². The lowest BCUT2D eigenvalue weighted by atomic mass is 9.86. The zero-order valence-electron chi connectivity index (χ0n) is 13.9. The Bertz CT molecular complexity index is 1020. The largest absolute Gasteiger partial charge is 0.289 e. The van der Waals surface area contributed by atoms with Crippen LogP contribution in [-0.4, -0.2) is 0 Å². The third kappa shape index (κ3) is 3.12. The van der Waals surface area contributed by atoms with Crippen molar-refractivity contribution in [2.45, 2.75) is 32.6 Å². The van der Waals surface area contributed by atoms with E-state index in [0.29, 0.717) is 16.0 Å². The summed E-state index contributed by atoms with van der Waals surface area (Å²) in [5.74, 6) is 0.703. The van der Waals surface area contributed by atoms with E-state index in [1.54, 1.807) is 17.4 Å². The van der Waals surface area contributed by atoms with E-state index < -0.39 is 0 Å². The van der Waals surface area contributed by atoms with E-state index in [4.69, 9.17) is 23.2 Å². The SMILES string of the molecule is CCC1CCc2c(sc3cc(-c4ccc(Cl)cc4Cl)ccc3c2=O)C1. The minimum Gasteiger partial charge on any atom is -0.289 e. The minimum atomic E-state index is 0.215. The van der Waals surface area contributed by atoms with Gasteiger partial charge in [-0.2, -0.15) is 0 Å². The Balaban J connectivity index is 1.87. The van der Waals surface area contributed by atoms with E-state index >= 15 is 0 Å². The Morgan fingerprint density at radius 2 is 2.00 bits per heavy atom. The van der Waals surface area contributed by atoms with Gasteiger partial charge >= 0.3 is 0 Å². The van der Waals surface area contributed by atoms with Gasteiger partial charge in [0.15, 0.2) is 5.43 Å². The maximum Gasteiger partial charge on any atom is 0.191 e. The molecule has 1 aromatic heterocycles. The Morgan fingerprint density at radius 3 is 2.76 bits per heavy atom. The predicted octanol–water partition coefficient (Wildman–Crippen LogP) is 6.75. The first-order chi connectivity index (χ1) is 12.1. The number of halogens is 2. The van der Waals surface area contributed by atoms with E-state index in [-0.39, 0.29) is 5.43 Å². The van der Waals surface area contributed by atoms with Crippen LogP contribution in [0.4, 0.5) is 0 Å². The van der Waals surface area contributed by atoms with Crippen molar-refractivity contribution in [3.05, 3.63) is 67.1 Å². The highest BCUT2D eigenvalue weighted by atomic mass is 35.5. The number of benzene rings is 2. The van der Waals surface area contributed by atoms with Gasteiger partial charge in [-0.05, 0) is 55.0 Å². The third-order valence-electron chi connectivity index (χ3n) is 5.17. The monoisotopic (exact) mass is 388 g/mol. The average Bonchev–Trinajstić information content (AvgIpc) is 2.61. The van der Waals surface area contributed by atoms with Crippen molar-refractivity contribution in [3.8, 4) is 11.1 Å². The maximum absolute atomic E-state index is 12.9. The topological polar surface area (TPSA) is 17.1 Å². The molecule has 1 unspecified atom stereocenters. The quantitative estimate of drug-likeness (QED) is 0.474. The molecule has 1 heterocycles. The van der Waals surface area contributed by atoms with E-state index in [0.717, 1.165) is 46.0 Å². The number of rotatable bonds is 2. The molecule has 0 bridgehead atoms. The molecule has 0 saturated heterocycles. The first-order valence-corrected chi connectivity index (χ1v) is 10.2. The highest BCUT2D eigenvalue weighted by Gasteiger charge is 2.22. The molecule has 1 nitrogen and oxygen atoms in total. The molecule has 0 fully saturated rings. The van der Waals surface area contributed by atoms with Gasteiger partial charge in [-0.3, -0.25) is 4.79 Å². The highest BCUT2D eigenvalue weighted by Crippen LogP contribution is 2.35. The summed E-state index contributed by atoms with van der Waals surface area (Å²) >= 11 is 14.1. The van der Waals surface area contributed by atoms with Crippen molar-refractivity contribution >= 4 is 44.6 Å². The summed E-state index contributed by atoms with van der Waals surface area (Å²) in [4.78, 5) is 14.2. The van der Waals surface area contributed by atoms with Crippen molar-refractivity contribution in [2.24, 2.45) is 5.92 Å². The van der Waals surface area contributed by atoms with Crippen LogP contribution in [0.15, 0.2) is 41.2 Å². The normalized spacial score (nSPS) is 16.8. The number of hydrogen-bond donors (Lipinski definition) is 0. The van der Waals surface area contributed by atoms with Crippen LogP contribution in [0.5, 0.6) is 0 Å². The molecule has 0 spiro atoms. The molecule has 128 valence electrons. The summed E-state index contributed by atoms with van der Waals surface area (Å²) in [5, 5.41) is 2.08. The average molecular weight is 389 g/mol. The van der Waals surface area contributed by atoms with Gasteiger partial charge in [-0.15, -0.1) is 11.3 Å². The van der Waals surface area contributed by atoms with Gasteiger partial charge in [0.1, 0.15) is 0 Å². The predicted molar refractivity (Wildman–Crippen MR) is 109 cm³/mol. The summed E-state index contributed by atoms with van der Waals surface area (Å²) in [6.07, 6.45) is 4.27. The third-order valence-corrected chi connectivity index (χ3v) is 6.93. The molecule has 4 heteroatoms. The van der Waals surface area contributed by atoms with E-state index in [1.807, 2.05) is 24.3 Å². The summed E-state index contributed by atoms with van der Waals surface area (Å²) in [6.45, 7) is 2.24. The molecular weight excluding hydrogens is 371 g/mol. The second kappa shape index (κ2) is 6.75. The summed E-state index contributed by atoms with van der Waals surface area (Å²) < 4.78 is 1.05. The first-order valence-electron chi connectivity index (χ1n) is 8.61. The molecule has 2 aromatic carbocycles. The van der Waals surface area contributed by atoms with Gasteiger partial charge in [-0.25, -0.2) is 0 Å². The molecule has 0 aliphatic heterocycles. The van der Waals surface area contributed by atoms with Crippen molar-refractivity contribution < 1.29 is 0 Å². The van der Waals surface area contributed by atoms with Crippen LogP contribution < -0.4 is 5.43 Å². The standard InChI is InChI=1S/C21H18Cl2OS/c1-2-12-3-6-16-19(9-12)25-20-10-13(4-7-17(20)21(16)24)15-8-5-14(22)11-18(15)23/h4-5,7-8,10-12H,2-3,6,9H2,1H3. The lowest BCUT2D eigenvalue weighted by molar-refractivity contribution is 0.448. The molecule has 1 aliphatic rings. The van der Waals surface area contributed by atoms with Crippen LogP contribution in [0.1, 0.15) is 30.2 Å². The van der Waals surface area contributed by atoms with E-state index in [2.05, 4.69) is 13.0 Å². The van der Waals surface area contributed by atoms with Crippen molar-refractivity contribution in [1.29, 1.82) is 0 Å². The van der Waals surface area contributed by atoms with Gasteiger partial charge in [-0.1, -0.05) is 48.7 Å². The maximum atomic E-state index is 12.9. The van der Waals surface area contributed by atoms with Crippen molar-refractivity contribution in [1.82, 2.24) is 0 Å². The highest BCUT2D eigenvalue weighted by molar-refractivity contribution is 7.18. The van der Waals surface area contributed by atoms with Crippen molar-refractivity contribution in [3.63, 3.8) is 0 Å². The molecule has 1 atom stereocenters. The Hall–Kier alpha value is -1.35. The zero-order valence-corrected chi connectivity index (χ0v) is 16.3. The molecule has 0 N–H and O–H groups in total. The van der Waals surface area contributed by atoms with Crippen LogP contribution >= 0.6 is 34.5 Å². The Kier molecular flexibility index (Phi) is 4.61.